The Labute approximate surface area is 125 Å². The molecule has 0 aromatic heterocycles. The summed E-state index contributed by atoms with van der Waals surface area (Å²) in [5, 5.41) is 29.9. The van der Waals surface area contributed by atoms with Gasteiger partial charge in [-0.3, -0.25) is 4.79 Å². The smallest absolute Gasteiger partial charge is 0.220 e. The molecule has 21 heavy (non-hydrogen) atoms. The second kappa shape index (κ2) is 7.97. The molecule has 0 bridgehead atoms. The van der Waals surface area contributed by atoms with E-state index in [1.807, 2.05) is 43.3 Å². The molecular weight excluding hydrogens is 272 g/mol. The lowest BCUT2D eigenvalue weighted by Gasteiger charge is -2.28. The van der Waals surface area contributed by atoms with Crippen LogP contribution in [0.4, 0.5) is 5.69 Å². The number of aliphatic hydroxyl groups excluding tert-OH is 3. The number of rotatable bonds is 8. The molecule has 6 heteroatoms. The van der Waals surface area contributed by atoms with Crippen molar-refractivity contribution in [2.24, 2.45) is 0 Å². The van der Waals surface area contributed by atoms with Crippen LogP contribution in [0.25, 0.3) is 0 Å². The predicted molar refractivity (Wildman–Crippen MR) is 81.2 cm³/mol. The molecule has 0 spiro atoms. The molecule has 0 aliphatic heterocycles. The number of carbonyl (C=O) groups excluding carboxylic acids is 1. The molecule has 0 aliphatic carbocycles. The van der Waals surface area contributed by atoms with Crippen LogP contribution in [0, 0.1) is 0 Å². The van der Waals surface area contributed by atoms with E-state index in [1.54, 1.807) is 0 Å². The molecule has 0 aliphatic rings. The lowest BCUT2D eigenvalue weighted by atomic mass is 10.0. The summed E-state index contributed by atoms with van der Waals surface area (Å²) >= 11 is 0. The molecule has 0 fully saturated rings. The number of aliphatic hydroxyl groups is 3. The van der Waals surface area contributed by atoms with Crippen LogP contribution < -0.4 is 10.2 Å². The van der Waals surface area contributed by atoms with E-state index in [-0.39, 0.29) is 12.3 Å². The summed E-state index contributed by atoms with van der Waals surface area (Å²) in [5.74, 6) is -0.316. The van der Waals surface area contributed by atoms with E-state index in [2.05, 4.69) is 5.32 Å². The van der Waals surface area contributed by atoms with Gasteiger partial charge in [0.1, 0.15) is 5.54 Å². The fourth-order valence-electron chi connectivity index (χ4n) is 1.85. The number of aryl methyl sites for hydroxylation is 1. The fourth-order valence-corrected chi connectivity index (χ4v) is 1.85. The number of benzene rings is 1. The van der Waals surface area contributed by atoms with Crippen LogP contribution in [0.5, 0.6) is 0 Å². The van der Waals surface area contributed by atoms with Crippen molar-refractivity contribution in [1.29, 1.82) is 0 Å². The van der Waals surface area contributed by atoms with Gasteiger partial charge in [0.2, 0.25) is 5.91 Å². The fraction of sp³-hybridized carbons (Fsp3) is 0.533. The minimum Gasteiger partial charge on any atom is -0.394 e. The summed E-state index contributed by atoms with van der Waals surface area (Å²) in [7, 11) is 3.92. The number of nitrogens with one attached hydrogen (secondary N) is 1. The van der Waals surface area contributed by atoms with Crippen molar-refractivity contribution in [3.8, 4) is 0 Å². The van der Waals surface area contributed by atoms with E-state index in [0.717, 1.165) is 11.3 Å². The van der Waals surface area contributed by atoms with Crippen molar-refractivity contribution in [3.05, 3.63) is 29.8 Å². The van der Waals surface area contributed by atoms with E-state index >= 15 is 0 Å². The summed E-state index contributed by atoms with van der Waals surface area (Å²) < 4.78 is 0. The molecule has 0 unspecified atom stereocenters. The Bertz CT molecular complexity index is 433. The quantitative estimate of drug-likeness (QED) is 0.520. The Balaban J connectivity index is 2.53. The third-order valence-corrected chi connectivity index (χ3v) is 3.41. The Kier molecular flexibility index (Phi) is 6.61. The highest BCUT2D eigenvalue weighted by atomic mass is 16.3. The Morgan fingerprint density at radius 2 is 1.62 bits per heavy atom. The Hall–Kier alpha value is -1.63. The van der Waals surface area contributed by atoms with Crippen molar-refractivity contribution >= 4 is 11.6 Å². The van der Waals surface area contributed by atoms with Crippen molar-refractivity contribution in [1.82, 2.24) is 5.32 Å². The normalized spacial score (nSPS) is 11.3. The number of carbonyl (C=O) groups is 1. The zero-order chi connectivity index (χ0) is 15.9. The topological polar surface area (TPSA) is 93.0 Å². The second-order valence-corrected chi connectivity index (χ2v) is 5.36. The molecule has 118 valence electrons. The van der Waals surface area contributed by atoms with Crippen molar-refractivity contribution in [3.63, 3.8) is 0 Å². The third-order valence-electron chi connectivity index (χ3n) is 3.41. The van der Waals surface area contributed by atoms with E-state index in [4.69, 9.17) is 15.3 Å². The minimum absolute atomic E-state index is 0.225. The van der Waals surface area contributed by atoms with Gasteiger partial charge in [-0.05, 0) is 24.1 Å². The monoisotopic (exact) mass is 296 g/mol. The summed E-state index contributed by atoms with van der Waals surface area (Å²) in [6.45, 7) is -1.53. The molecule has 1 amide bonds. The highest BCUT2D eigenvalue weighted by Crippen LogP contribution is 2.13. The van der Waals surface area contributed by atoms with Crippen LogP contribution in [0.1, 0.15) is 12.0 Å². The lowest BCUT2D eigenvalue weighted by molar-refractivity contribution is -0.125. The van der Waals surface area contributed by atoms with Crippen LogP contribution in [0.15, 0.2) is 24.3 Å². The largest absolute Gasteiger partial charge is 0.394 e. The molecule has 1 aromatic rings. The van der Waals surface area contributed by atoms with Crippen molar-refractivity contribution in [2.45, 2.75) is 18.4 Å². The summed E-state index contributed by atoms with van der Waals surface area (Å²) in [6.07, 6.45) is 0.779. The van der Waals surface area contributed by atoms with Gasteiger partial charge < -0.3 is 25.5 Å². The molecule has 4 N–H and O–H groups in total. The molecule has 0 saturated heterocycles. The molecule has 0 radical (unpaired) electrons. The van der Waals surface area contributed by atoms with E-state index in [9.17, 15) is 4.79 Å². The van der Waals surface area contributed by atoms with Gasteiger partial charge >= 0.3 is 0 Å². The van der Waals surface area contributed by atoms with E-state index in [0.29, 0.717) is 6.42 Å². The van der Waals surface area contributed by atoms with Gasteiger partial charge in [0, 0.05) is 26.2 Å². The van der Waals surface area contributed by atoms with Crippen LogP contribution in [0.2, 0.25) is 0 Å². The first-order chi connectivity index (χ1) is 9.96. The summed E-state index contributed by atoms with van der Waals surface area (Å²) in [4.78, 5) is 13.8. The number of nitrogens with zero attached hydrogens (tertiary/aromatic N) is 1. The Morgan fingerprint density at radius 1 is 1.10 bits per heavy atom. The zero-order valence-electron chi connectivity index (χ0n) is 12.5. The third kappa shape index (κ3) is 5.00. The van der Waals surface area contributed by atoms with Crippen molar-refractivity contribution in [2.75, 3.05) is 38.8 Å². The van der Waals surface area contributed by atoms with Crippen LogP contribution >= 0.6 is 0 Å². The standard InChI is InChI=1S/C15H24N2O4/c1-17(2)13-6-3-12(4-7-13)5-8-14(21)16-15(9-18,10-19)11-20/h3-4,6-7,18-20H,5,8-11H2,1-2H3,(H,16,21). The molecule has 6 nitrogen and oxygen atoms in total. The lowest BCUT2D eigenvalue weighted by Crippen LogP contribution is -2.57. The average Bonchev–Trinajstić information content (AvgIpc) is 2.51. The molecule has 0 heterocycles. The number of hydrogen-bond donors (Lipinski definition) is 4. The first-order valence-corrected chi connectivity index (χ1v) is 6.86. The molecule has 1 aromatic carbocycles. The van der Waals surface area contributed by atoms with Gasteiger partial charge in [-0.15, -0.1) is 0 Å². The Morgan fingerprint density at radius 3 is 2.05 bits per heavy atom. The van der Waals surface area contributed by atoms with Gasteiger partial charge in [-0.25, -0.2) is 0 Å². The maximum absolute atomic E-state index is 11.8. The predicted octanol–water partition coefficient (Wildman–Crippen LogP) is -0.483. The summed E-state index contributed by atoms with van der Waals surface area (Å²) in [5.41, 5.74) is 0.757. The van der Waals surface area contributed by atoms with Gasteiger partial charge in [-0.1, -0.05) is 12.1 Å². The first kappa shape index (κ1) is 17.4. The molecule has 1 rings (SSSR count). The zero-order valence-corrected chi connectivity index (χ0v) is 12.5. The van der Waals surface area contributed by atoms with E-state index < -0.39 is 25.4 Å². The first-order valence-electron chi connectivity index (χ1n) is 6.86. The van der Waals surface area contributed by atoms with Gasteiger partial charge in [0.05, 0.1) is 19.8 Å². The second-order valence-electron chi connectivity index (χ2n) is 5.36. The molecule has 0 saturated carbocycles. The highest BCUT2D eigenvalue weighted by molar-refractivity contribution is 5.77. The SMILES string of the molecule is CN(C)c1ccc(CCC(=O)NC(CO)(CO)CO)cc1. The molecular formula is C15H24N2O4. The van der Waals surface area contributed by atoms with Crippen LogP contribution in [-0.2, 0) is 11.2 Å². The van der Waals surface area contributed by atoms with Crippen LogP contribution in [0.3, 0.4) is 0 Å². The number of anilines is 1. The van der Waals surface area contributed by atoms with Crippen molar-refractivity contribution < 1.29 is 20.1 Å². The van der Waals surface area contributed by atoms with Gasteiger partial charge in [0.25, 0.3) is 0 Å². The maximum atomic E-state index is 11.8. The maximum Gasteiger partial charge on any atom is 0.220 e. The molecule has 0 atom stereocenters. The van der Waals surface area contributed by atoms with Gasteiger partial charge in [0.15, 0.2) is 0 Å². The minimum atomic E-state index is -1.36. The average molecular weight is 296 g/mol. The van der Waals surface area contributed by atoms with E-state index in [1.165, 1.54) is 0 Å². The highest BCUT2D eigenvalue weighted by Gasteiger charge is 2.29. The summed E-state index contributed by atoms with van der Waals surface area (Å²) in [6, 6.07) is 7.87. The van der Waals surface area contributed by atoms with Gasteiger partial charge in [-0.2, -0.15) is 0 Å². The van der Waals surface area contributed by atoms with Crippen LogP contribution in [-0.4, -0.2) is 60.7 Å². The number of amides is 1. The number of hydrogen-bond acceptors (Lipinski definition) is 5.